The fourth-order valence-corrected chi connectivity index (χ4v) is 2.59. The van der Waals surface area contributed by atoms with Gasteiger partial charge in [0.25, 0.3) is 11.8 Å². The van der Waals surface area contributed by atoms with E-state index in [2.05, 4.69) is 5.32 Å². The van der Waals surface area contributed by atoms with Crippen LogP contribution in [0.5, 0.6) is 0 Å². The van der Waals surface area contributed by atoms with E-state index in [1.54, 1.807) is 24.3 Å². The summed E-state index contributed by atoms with van der Waals surface area (Å²) in [6, 6.07) is 6.54. The summed E-state index contributed by atoms with van der Waals surface area (Å²) in [5.41, 5.74) is 1.10. The van der Waals surface area contributed by atoms with Crippen LogP contribution in [0.3, 0.4) is 0 Å². The number of nitrogens with zero attached hydrogens (tertiary/aromatic N) is 1. The molecule has 3 rings (SSSR count). The normalized spacial score (nSPS) is 24.3. The SMILES string of the molecule is CC1CNCC(=C(F)CN2C(=O)c3ccccc3C2=O)CO1. The summed E-state index contributed by atoms with van der Waals surface area (Å²) in [6.07, 6.45) is 0.00426. The highest BCUT2D eigenvalue weighted by molar-refractivity contribution is 6.21. The van der Waals surface area contributed by atoms with Crippen molar-refractivity contribution in [2.45, 2.75) is 13.0 Å². The number of ether oxygens (including phenoxy) is 1. The molecule has 22 heavy (non-hydrogen) atoms. The average Bonchev–Trinajstić information content (AvgIpc) is 2.69. The molecule has 0 bridgehead atoms. The third-order valence-corrected chi connectivity index (χ3v) is 3.87. The van der Waals surface area contributed by atoms with Crippen molar-refractivity contribution in [1.29, 1.82) is 0 Å². The summed E-state index contributed by atoms with van der Waals surface area (Å²) in [5, 5.41) is 3.08. The molecule has 1 saturated heterocycles. The van der Waals surface area contributed by atoms with Crippen molar-refractivity contribution in [3.8, 4) is 0 Å². The van der Waals surface area contributed by atoms with Crippen LogP contribution in [0, 0.1) is 0 Å². The minimum atomic E-state index is -0.490. The first-order valence-corrected chi connectivity index (χ1v) is 7.22. The molecule has 5 nitrogen and oxygen atoms in total. The van der Waals surface area contributed by atoms with Gasteiger partial charge in [-0.05, 0) is 19.1 Å². The van der Waals surface area contributed by atoms with E-state index in [1.165, 1.54) is 0 Å². The Morgan fingerprint density at radius 3 is 2.59 bits per heavy atom. The number of nitrogens with one attached hydrogen (secondary N) is 1. The second-order valence-electron chi connectivity index (χ2n) is 5.50. The highest BCUT2D eigenvalue weighted by Gasteiger charge is 2.36. The van der Waals surface area contributed by atoms with E-state index < -0.39 is 17.6 Å². The fraction of sp³-hybridized carbons (Fsp3) is 0.375. The van der Waals surface area contributed by atoms with Gasteiger partial charge in [0.05, 0.1) is 30.4 Å². The number of hydrogen-bond donors (Lipinski definition) is 1. The number of rotatable bonds is 2. The standard InChI is InChI=1S/C16H17FN2O3/c1-10-6-18-7-11(9-22-10)14(17)8-19-15(20)12-4-2-3-5-13(12)16(19)21/h2-5,10,18H,6-9H2,1H3. The van der Waals surface area contributed by atoms with Crippen molar-refractivity contribution < 1.29 is 18.7 Å². The number of halogens is 1. The molecule has 0 aliphatic carbocycles. The van der Waals surface area contributed by atoms with Gasteiger partial charge in [0.2, 0.25) is 0 Å². The number of benzene rings is 1. The largest absolute Gasteiger partial charge is 0.373 e. The van der Waals surface area contributed by atoms with Crippen LogP contribution >= 0.6 is 0 Å². The summed E-state index contributed by atoms with van der Waals surface area (Å²) in [5.74, 6) is -1.39. The summed E-state index contributed by atoms with van der Waals surface area (Å²) in [6.45, 7) is 2.73. The average molecular weight is 304 g/mol. The van der Waals surface area contributed by atoms with Crippen molar-refractivity contribution in [1.82, 2.24) is 10.2 Å². The third kappa shape index (κ3) is 2.67. The Hall–Kier alpha value is -2.05. The molecule has 1 N–H and O–H groups in total. The van der Waals surface area contributed by atoms with Crippen molar-refractivity contribution in [3.63, 3.8) is 0 Å². The first kappa shape index (κ1) is 14.9. The predicted molar refractivity (Wildman–Crippen MR) is 78.2 cm³/mol. The predicted octanol–water partition coefficient (Wildman–Crippen LogP) is 1.51. The van der Waals surface area contributed by atoms with Gasteiger partial charge in [0.1, 0.15) is 5.83 Å². The van der Waals surface area contributed by atoms with Gasteiger partial charge in [0.15, 0.2) is 0 Å². The van der Waals surface area contributed by atoms with Gasteiger partial charge in [-0.25, -0.2) is 4.39 Å². The van der Waals surface area contributed by atoms with E-state index in [1.807, 2.05) is 6.92 Å². The molecule has 2 amide bonds. The van der Waals surface area contributed by atoms with Crippen LogP contribution in [0.2, 0.25) is 0 Å². The molecule has 0 spiro atoms. The van der Waals surface area contributed by atoms with E-state index in [-0.39, 0.29) is 19.3 Å². The maximum absolute atomic E-state index is 14.4. The quantitative estimate of drug-likeness (QED) is 0.842. The number of carbonyl (C=O) groups is 2. The summed E-state index contributed by atoms with van der Waals surface area (Å²) >= 11 is 0. The van der Waals surface area contributed by atoms with E-state index >= 15 is 0 Å². The van der Waals surface area contributed by atoms with Gasteiger partial charge in [0, 0.05) is 18.7 Å². The van der Waals surface area contributed by atoms with Gasteiger partial charge in [-0.15, -0.1) is 0 Å². The summed E-state index contributed by atoms with van der Waals surface area (Å²) < 4.78 is 19.9. The Bertz CT molecular complexity index is 622. The van der Waals surface area contributed by atoms with E-state index in [0.717, 1.165) is 4.90 Å². The Kier molecular flexibility index (Phi) is 4.04. The molecule has 6 heteroatoms. The maximum Gasteiger partial charge on any atom is 0.261 e. The van der Waals surface area contributed by atoms with Gasteiger partial charge >= 0.3 is 0 Å². The van der Waals surface area contributed by atoms with Gasteiger partial charge < -0.3 is 10.1 Å². The molecule has 1 aromatic carbocycles. The monoisotopic (exact) mass is 304 g/mol. The molecule has 0 saturated carbocycles. The Morgan fingerprint density at radius 2 is 1.95 bits per heavy atom. The van der Waals surface area contributed by atoms with Crippen LogP contribution in [-0.2, 0) is 4.74 Å². The lowest BCUT2D eigenvalue weighted by Crippen LogP contribution is -2.32. The molecule has 116 valence electrons. The lowest BCUT2D eigenvalue weighted by atomic mass is 10.1. The number of hydrogen-bond acceptors (Lipinski definition) is 4. The van der Waals surface area contributed by atoms with Crippen LogP contribution in [-0.4, -0.2) is 49.1 Å². The van der Waals surface area contributed by atoms with E-state index in [0.29, 0.717) is 29.8 Å². The maximum atomic E-state index is 14.4. The molecule has 1 atom stereocenters. The number of amides is 2. The van der Waals surface area contributed by atoms with Gasteiger partial charge in [-0.1, -0.05) is 12.1 Å². The first-order valence-electron chi connectivity index (χ1n) is 7.22. The third-order valence-electron chi connectivity index (χ3n) is 3.87. The minimum absolute atomic E-state index is 0.00426. The molecule has 1 aromatic rings. The van der Waals surface area contributed by atoms with Crippen LogP contribution < -0.4 is 5.32 Å². The smallest absolute Gasteiger partial charge is 0.261 e. The topological polar surface area (TPSA) is 58.6 Å². The highest BCUT2D eigenvalue weighted by Crippen LogP contribution is 2.24. The number of fused-ring (bicyclic) bond motifs is 1. The van der Waals surface area contributed by atoms with Crippen LogP contribution in [0.25, 0.3) is 0 Å². The number of imide groups is 1. The van der Waals surface area contributed by atoms with Crippen LogP contribution in [0.4, 0.5) is 4.39 Å². The van der Waals surface area contributed by atoms with E-state index in [9.17, 15) is 14.0 Å². The van der Waals surface area contributed by atoms with Crippen LogP contribution in [0.1, 0.15) is 27.6 Å². The molecular weight excluding hydrogens is 287 g/mol. The van der Waals surface area contributed by atoms with Crippen molar-refractivity contribution >= 4 is 11.8 Å². The molecule has 1 unspecified atom stereocenters. The zero-order valence-corrected chi connectivity index (χ0v) is 12.3. The summed E-state index contributed by atoms with van der Waals surface area (Å²) in [4.78, 5) is 25.4. The molecule has 2 aliphatic rings. The molecule has 0 aromatic heterocycles. The lowest BCUT2D eigenvalue weighted by molar-refractivity contribution is 0.0655. The van der Waals surface area contributed by atoms with Crippen molar-refractivity contribution in [2.24, 2.45) is 0 Å². The minimum Gasteiger partial charge on any atom is -0.373 e. The van der Waals surface area contributed by atoms with Crippen molar-refractivity contribution in [2.75, 3.05) is 26.2 Å². The Balaban J connectivity index is 1.79. The lowest BCUT2D eigenvalue weighted by Gasteiger charge is -2.14. The van der Waals surface area contributed by atoms with Gasteiger partial charge in [-0.2, -0.15) is 0 Å². The zero-order valence-electron chi connectivity index (χ0n) is 12.3. The molecule has 2 aliphatic heterocycles. The van der Waals surface area contributed by atoms with E-state index in [4.69, 9.17) is 4.74 Å². The Morgan fingerprint density at radius 1 is 1.32 bits per heavy atom. The fourth-order valence-electron chi connectivity index (χ4n) is 2.59. The second kappa shape index (κ2) is 5.98. The summed E-state index contributed by atoms with van der Waals surface area (Å²) in [7, 11) is 0. The second-order valence-corrected chi connectivity index (χ2v) is 5.50. The zero-order chi connectivity index (χ0) is 15.7. The molecule has 2 heterocycles. The molecule has 0 radical (unpaired) electrons. The number of carbonyl (C=O) groups excluding carboxylic acids is 2. The molecule has 1 fully saturated rings. The highest BCUT2D eigenvalue weighted by atomic mass is 19.1. The Labute approximate surface area is 127 Å². The first-order chi connectivity index (χ1) is 10.6. The van der Waals surface area contributed by atoms with Crippen LogP contribution in [0.15, 0.2) is 35.7 Å². The van der Waals surface area contributed by atoms with Crippen molar-refractivity contribution in [3.05, 3.63) is 46.8 Å². The van der Waals surface area contributed by atoms with Gasteiger partial charge in [-0.3, -0.25) is 14.5 Å². The molecular formula is C16H17FN2O3.